The van der Waals surface area contributed by atoms with Crippen LogP contribution in [0, 0.1) is 0 Å². The molecule has 2 heterocycles. The summed E-state index contributed by atoms with van der Waals surface area (Å²) in [5.74, 6) is 1.11. The van der Waals surface area contributed by atoms with Crippen molar-refractivity contribution in [1.82, 2.24) is 19.9 Å². The van der Waals surface area contributed by atoms with E-state index < -0.39 is 0 Å². The molecule has 6 nitrogen and oxygen atoms in total. The third kappa shape index (κ3) is 1.51. The molecule has 74 valence electrons. The molecule has 0 saturated carbocycles. The maximum Gasteiger partial charge on any atom is 0.276 e. The summed E-state index contributed by atoms with van der Waals surface area (Å²) in [4.78, 5) is 4.18. The van der Waals surface area contributed by atoms with E-state index in [0.29, 0.717) is 24.7 Å². The van der Waals surface area contributed by atoms with Crippen molar-refractivity contribution in [1.29, 1.82) is 0 Å². The normalized spacial score (nSPS) is 10.7. The summed E-state index contributed by atoms with van der Waals surface area (Å²) in [6, 6.07) is 1.82. The Kier molecular flexibility index (Phi) is 2.28. The summed E-state index contributed by atoms with van der Waals surface area (Å²) < 4.78 is 6.75. The van der Waals surface area contributed by atoms with Gasteiger partial charge in [-0.15, -0.1) is 0 Å². The second-order valence-electron chi connectivity index (χ2n) is 2.89. The van der Waals surface area contributed by atoms with Gasteiger partial charge in [-0.3, -0.25) is 4.68 Å². The Morgan fingerprint density at radius 2 is 2.43 bits per heavy atom. The number of rotatable bonds is 3. The topological polar surface area (TPSA) is 82.8 Å². The third-order valence-corrected chi connectivity index (χ3v) is 1.88. The van der Waals surface area contributed by atoms with E-state index in [1.54, 1.807) is 10.9 Å². The van der Waals surface area contributed by atoms with E-state index >= 15 is 0 Å². The third-order valence-electron chi connectivity index (χ3n) is 1.88. The highest BCUT2D eigenvalue weighted by atomic mass is 16.5. The van der Waals surface area contributed by atoms with Crippen LogP contribution in [0.2, 0.25) is 0 Å². The molecule has 0 atom stereocenters. The number of nitrogens with zero attached hydrogens (tertiary/aromatic N) is 4. The maximum atomic E-state index is 5.38. The summed E-state index contributed by atoms with van der Waals surface area (Å²) in [6.07, 6.45) is 2.31. The lowest BCUT2D eigenvalue weighted by atomic mass is 10.4. The molecule has 6 heteroatoms. The van der Waals surface area contributed by atoms with Crippen LogP contribution in [0.5, 0.6) is 0 Å². The Labute approximate surface area is 80.7 Å². The molecule has 0 unspecified atom stereocenters. The monoisotopic (exact) mass is 193 g/mol. The van der Waals surface area contributed by atoms with Crippen molar-refractivity contribution in [3.63, 3.8) is 0 Å². The molecule has 2 rings (SSSR count). The van der Waals surface area contributed by atoms with Crippen LogP contribution in [0.4, 0.5) is 0 Å². The molecule has 0 aliphatic carbocycles. The summed E-state index contributed by atoms with van der Waals surface area (Å²) >= 11 is 0. The van der Waals surface area contributed by atoms with Crippen molar-refractivity contribution < 1.29 is 4.52 Å². The van der Waals surface area contributed by atoms with Crippen LogP contribution < -0.4 is 5.73 Å². The van der Waals surface area contributed by atoms with Gasteiger partial charge in [0.05, 0.1) is 0 Å². The van der Waals surface area contributed by atoms with Gasteiger partial charge < -0.3 is 10.3 Å². The molecule has 0 spiro atoms. The molecule has 2 N–H and O–H groups in total. The number of hydrogen-bond donors (Lipinski definition) is 1. The molecule has 2 aromatic heterocycles. The van der Waals surface area contributed by atoms with Gasteiger partial charge in [0.15, 0.2) is 5.82 Å². The van der Waals surface area contributed by atoms with Crippen molar-refractivity contribution in [3.05, 3.63) is 18.1 Å². The van der Waals surface area contributed by atoms with E-state index in [9.17, 15) is 0 Å². The van der Waals surface area contributed by atoms with Gasteiger partial charge in [-0.25, -0.2) is 0 Å². The molecule has 0 amide bonds. The van der Waals surface area contributed by atoms with Crippen molar-refractivity contribution in [2.24, 2.45) is 12.8 Å². The van der Waals surface area contributed by atoms with Gasteiger partial charge in [0.1, 0.15) is 5.69 Å². The first-order chi connectivity index (χ1) is 6.81. The molecule has 0 aliphatic heterocycles. The quantitative estimate of drug-likeness (QED) is 0.740. The molecular weight excluding hydrogens is 182 g/mol. The predicted molar refractivity (Wildman–Crippen MR) is 49.3 cm³/mol. The maximum absolute atomic E-state index is 5.38. The van der Waals surface area contributed by atoms with Crippen LogP contribution >= 0.6 is 0 Å². The smallest absolute Gasteiger partial charge is 0.276 e. The lowest BCUT2D eigenvalue weighted by Gasteiger charge is -1.92. The molecule has 0 bridgehead atoms. The Morgan fingerprint density at radius 1 is 1.57 bits per heavy atom. The average Bonchev–Trinajstić information content (AvgIpc) is 2.74. The predicted octanol–water partition coefficient (Wildman–Crippen LogP) is -0.0287. The highest BCUT2D eigenvalue weighted by Gasteiger charge is 2.10. The van der Waals surface area contributed by atoms with E-state index in [1.165, 1.54) is 0 Å². The molecule has 0 fully saturated rings. The van der Waals surface area contributed by atoms with Crippen molar-refractivity contribution >= 4 is 0 Å². The van der Waals surface area contributed by atoms with E-state index in [1.807, 2.05) is 13.1 Å². The molecule has 0 aromatic carbocycles. The fraction of sp³-hybridized carbons (Fsp3) is 0.375. The van der Waals surface area contributed by atoms with Crippen LogP contribution in [0.3, 0.4) is 0 Å². The summed E-state index contributed by atoms with van der Waals surface area (Å²) in [6.45, 7) is 0.518. The summed E-state index contributed by atoms with van der Waals surface area (Å²) in [7, 11) is 1.82. The van der Waals surface area contributed by atoms with E-state index in [2.05, 4.69) is 15.2 Å². The van der Waals surface area contributed by atoms with Crippen molar-refractivity contribution in [2.45, 2.75) is 6.42 Å². The number of aryl methyl sites for hydroxylation is 1. The van der Waals surface area contributed by atoms with Gasteiger partial charge in [0, 0.05) is 19.7 Å². The highest BCUT2D eigenvalue weighted by Crippen LogP contribution is 2.14. The first kappa shape index (κ1) is 8.89. The zero-order valence-corrected chi connectivity index (χ0v) is 7.84. The van der Waals surface area contributed by atoms with Crippen LogP contribution in [-0.4, -0.2) is 26.5 Å². The van der Waals surface area contributed by atoms with E-state index in [-0.39, 0.29) is 0 Å². The molecule has 14 heavy (non-hydrogen) atoms. The summed E-state index contributed by atoms with van der Waals surface area (Å²) in [5, 5.41) is 7.81. The Balaban J connectivity index is 2.29. The van der Waals surface area contributed by atoms with Crippen LogP contribution in [0.1, 0.15) is 5.82 Å². The van der Waals surface area contributed by atoms with Gasteiger partial charge in [-0.05, 0) is 12.6 Å². The SMILES string of the molecule is Cn1nccc1-c1nc(CCN)no1. The summed E-state index contributed by atoms with van der Waals surface area (Å²) in [5.41, 5.74) is 6.19. The molecular formula is C8H11N5O. The minimum Gasteiger partial charge on any atom is -0.332 e. The van der Waals surface area contributed by atoms with Gasteiger partial charge in [-0.2, -0.15) is 10.1 Å². The first-order valence-electron chi connectivity index (χ1n) is 4.32. The Hall–Kier alpha value is -1.69. The van der Waals surface area contributed by atoms with Crippen molar-refractivity contribution in [3.8, 4) is 11.6 Å². The number of aromatic nitrogens is 4. The first-order valence-corrected chi connectivity index (χ1v) is 4.32. The second kappa shape index (κ2) is 3.59. The standard InChI is InChI=1S/C8H11N5O/c1-13-6(3-5-10-13)8-11-7(2-4-9)12-14-8/h3,5H,2,4,9H2,1H3. The molecule has 0 radical (unpaired) electrons. The molecule has 0 aliphatic rings. The molecule has 2 aromatic rings. The van der Waals surface area contributed by atoms with E-state index in [4.69, 9.17) is 10.3 Å². The van der Waals surface area contributed by atoms with Gasteiger partial charge >= 0.3 is 0 Å². The largest absolute Gasteiger partial charge is 0.332 e. The lowest BCUT2D eigenvalue weighted by molar-refractivity contribution is 0.419. The Bertz CT molecular complexity index is 419. The lowest BCUT2D eigenvalue weighted by Crippen LogP contribution is -2.03. The fourth-order valence-electron chi connectivity index (χ4n) is 1.17. The van der Waals surface area contributed by atoms with Crippen LogP contribution in [0.15, 0.2) is 16.8 Å². The number of nitrogens with two attached hydrogens (primary N) is 1. The highest BCUT2D eigenvalue weighted by molar-refractivity contribution is 5.45. The fourth-order valence-corrected chi connectivity index (χ4v) is 1.17. The average molecular weight is 193 g/mol. The zero-order chi connectivity index (χ0) is 9.97. The zero-order valence-electron chi connectivity index (χ0n) is 7.84. The minimum atomic E-state index is 0.480. The van der Waals surface area contributed by atoms with Gasteiger partial charge in [0.2, 0.25) is 0 Å². The number of hydrogen-bond acceptors (Lipinski definition) is 5. The Morgan fingerprint density at radius 3 is 3.07 bits per heavy atom. The van der Waals surface area contributed by atoms with E-state index in [0.717, 1.165) is 5.69 Å². The molecule has 0 saturated heterocycles. The van der Waals surface area contributed by atoms with Crippen molar-refractivity contribution in [2.75, 3.05) is 6.54 Å². The minimum absolute atomic E-state index is 0.480. The van der Waals surface area contributed by atoms with Crippen LogP contribution in [0.25, 0.3) is 11.6 Å². The van der Waals surface area contributed by atoms with Gasteiger partial charge in [0.25, 0.3) is 5.89 Å². The second-order valence-corrected chi connectivity index (χ2v) is 2.89. The van der Waals surface area contributed by atoms with Crippen LogP contribution in [-0.2, 0) is 13.5 Å². The van der Waals surface area contributed by atoms with Gasteiger partial charge in [-0.1, -0.05) is 5.16 Å².